The molecule has 0 spiro atoms. The van der Waals surface area contributed by atoms with Crippen LogP contribution in [0.5, 0.6) is 0 Å². The Hall–Kier alpha value is -0.640. The molecule has 1 aromatic heterocycles. The van der Waals surface area contributed by atoms with E-state index in [4.69, 9.17) is 0 Å². The van der Waals surface area contributed by atoms with E-state index in [1.54, 1.807) is 11.3 Å². The van der Waals surface area contributed by atoms with Crippen LogP contribution in [0.25, 0.3) is 0 Å². The summed E-state index contributed by atoms with van der Waals surface area (Å²) in [6.45, 7) is 4.17. The van der Waals surface area contributed by atoms with Gasteiger partial charge in [0.25, 0.3) is 0 Å². The first kappa shape index (κ1) is 12.8. The van der Waals surface area contributed by atoms with Gasteiger partial charge in [0.15, 0.2) is 0 Å². The highest BCUT2D eigenvalue weighted by Crippen LogP contribution is 2.31. The predicted molar refractivity (Wildman–Crippen MR) is 76.6 cm³/mol. The molecule has 1 atom stereocenters. The van der Waals surface area contributed by atoms with Gasteiger partial charge in [0.1, 0.15) is 0 Å². The van der Waals surface area contributed by atoms with E-state index in [2.05, 4.69) is 48.0 Å². The van der Waals surface area contributed by atoms with E-state index in [0.29, 0.717) is 6.42 Å². The van der Waals surface area contributed by atoms with Crippen molar-refractivity contribution in [3.63, 3.8) is 0 Å². The molecule has 0 aliphatic rings. The maximum absolute atomic E-state index is 10.2. The normalized spacial score (nSPS) is 12.7. The van der Waals surface area contributed by atoms with Crippen LogP contribution in [-0.4, -0.2) is 5.11 Å². The fraction of sp³-hybridized carbons (Fsp3) is 0.286. The molecular formula is C14H15BrOS. The maximum atomic E-state index is 10.2. The zero-order valence-electron chi connectivity index (χ0n) is 9.90. The summed E-state index contributed by atoms with van der Waals surface area (Å²) in [4.78, 5) is 1.01. The molecule has 1 heterocycles. The van der Waals surface area contributed by atoms with Crippen molar-refractivity contribution >= 4 is 27.3 Å². The van der Waals surface area contributed by atoms with Gasteiger partial charge in [-0.15, -0.1) is 11.3 Å². The molecule has 2 aromatic rings. The van der Waals surface area contributed by atoms with Crippen molar-refractivity contribution in [1.29, 1.82) is 0 Å². The van der Waals surface area contributed by atoms with E-state index >= 15 is 0 Å². The van der Waals surface area contributed by atoms with E-state index < -0.39 is 6.10 Å². The van der Waals surface area contributed by atoms with Crippen molar-refractivity contribution in [2.75, 3.05) is 0 Å². The molecule has 1 aromatic carbocycles. The number of hydrogen-bond acceptors (Lipinski definition) is 2. The molecule has 2 rings (SSSR count). The van der Waals surface area contributed by atoms with Gasteiger partial charge < -0.3 is 5.11 Å². The highest BCUT2D eigenvalue weighted by molar-refractivity contribution is 9.10. The average molecular weight is 311 g/mol. The minimum atomic E-state index is -0.426. The van der Waals surface area contributed by atoms with Crippen LogP contribution in [0.4, 0.5) is 0 Å². The fourth-order valence-corrected chi connectivity index (χ4v) is 3.49. The van der Waals surface area contributed by atoms with Gasteiger partial charge >= 0.3 is 0 Å². The van der Waals surface area contributed by atoms with Crippen molar-refractivity contribution in [2.45, 2.75) is 26.4 Å². The van der Waals surface area contributed by atoms with Gasteiger partial charge in [-0.3, -0.25) is 0 Å². The number of benzene rings is 1. The number of hydrogen-bond donors (Lipinski definition) is 1. The molecule has 0 radical (unpaired) electrons. The number of thiophene rings is 1. The molecule has 1 N–H and O–H groups in total. The molecule has 17 heavy (non-hydrogen) atoms. The second kappa shape index (κ2) is 5.34. The van der Waals surface area contributed by atoms with Gasteiger partial charge in [0, 0.05) is 15.8 Å². The van der Waals surface area contributed by atoms with Crippen molar-refractivity contribution < 1.29 is 5.11 Å². The van der Waals surface area contributed by atoms with Crippen LogP contribution in [0, 0.1) is 13.8 Å². The van der Waals surface area contributed by atoms with E-state index in [1.807, 2.05) is 11.4 Å². The predicted octanol–water partition coefficient (Wildman–Crippen LogP) is 4.40. The summed E-state index contributed by atoms with van der Waals surface area (Å²) in [6, 6.07) is 8.35. The number of halogens is 1. The number of rotatable bonds is 3. The molecule has 3 heteroatoms. The van der Waals surface area contributed by atoms with Crippen molar-refractivity contribution in [2.24, 2.45) is 0 Å². The summed E-state index contributed by atoms with van der Waals surface area (Å²) in [5.74, 6) is 0. The molecule has 0 fully saturated rings. The summed E-state index contributed by atoms with van der Waals surface area (Å²) < 4.78 is 1.00. The van der Waals surface area contributed by atoms with E-state index in [0.717, 1.165) is 9.35 Å². The van der Waals surface area contributed by atoms with E-state index in [-0.39, 0.29) is 0 Å². The summed E-state index contributed by atoms with van der Waals surface area (Å²) in [5, 5.41) is 12.2. The third-order valence-corrected chi connectivity index (χ3v) is 4.84. The van der Waals surface area contributed by atoms with Gasteiger partial charge in [-0.25, -0.2) is 0 Å². The lowest BCUT2D eigenvalue weighted by Crippen LogP contribution is -2.02. The summed E-state index contributed by atoms with van der Waals surface area (Å²) in [7, 11) is 0. The Kier molecular flexibility index (Phi) is 4.02. The third-order valence-electron chi connectivity index (χ3n) is 2.87. The molecule has 0 amide bonds. The Morgan fingerprint density at radius 3 is 2.71 bits per heavy atom. The van der Waals surface area contributed by atoms with Crippen LogP contribution in [0.2, 0.25) is 0 Å². The van der Waals surface area contributed by atoms with Gasteiger partial charge in [-0.1, -0.05) is 23.8 Å². The van der Waals surface area contributed by atoms with Gasteiger partial charge in [0.2, 0.25) is 0 Å². The Bertz CT molecular complexity index is 519. The molecule has 1 unspecified atom stereocenters. The topological polar surface area (TPSA) is 20.2 Å². The van der Waals surface area contributed by atoms with E-state index in [1.165, 1.54) is 16.7 Å². The molecule has 1 nitrogen and oxygen atoms in total. The van der Waals surface area contributed by atoms with Gasteiger partial charge in [-0.05, 0) is 52.4 Å². The highest BCUT2D eigenvalue weighted by atomic mass is 79.9. The molecular weight excluding hydrogens is 296 g/mol. The zero-order valence-corrected chi connectivity index (χ0v) is 12.3. The summed E-state index contributed by atoms with van der Waals surface area (Å²) >= 11 is 5.05. The van der Waals surface area contributed by atoms with Crippen LogP contribution >= 0.6 is 27.3 Å². The lowest BCUT2D eigenvalue weighted by molar-refractivity contribution is 0.181. The Morgan fingerprint density at radius 1 is 1.29 bits per heavy atom. The van der Waals surface area contributed by atoms with Crippen LogP contribution < -0.4 is 0 Å². The quantitative estimate of drug-likeness (QED) is 0.890. The van der Waals surface area contributed by atoms with Gasteiger partial charge in [-0.2, -0.15) is 0 Å². The highest BCUT2D eigenvalue weighted by Gasteiger charge is 2.14. The minimum absolute atomic E-state index is 0.426. The lowest BCUT2D eigenvalue weighted by Gasteiger charge is -2.12. The second-order valence-corrected chi connectivity index (χ2v) is 6.08. The van der Waals surface area contributed by atoms with Crippen LogP contribution in [0.3, 0.4) is 0 Å². The minimum Gasteiger partial charge on any atom is -0.387 e. The largest absolute Gasteiger partial charge is 0.387 e. The van der Waals surface area contributed by atoms with Crippen molar-refractivity contribution in [3.05, 3.63) is 55.7 Å². The first-order valence-electron chi connectivity index (χ1n) is 5.55. The van der Waals surface area contributed by atoms with Crippen molar-refractivity contribution in [1.82, 2.24) is 0 Å². The molecule has 0 saturated carbocycles. The standard InChI is InChI=1S/C14H15BrOS/c1-9-3-4-10(2)11(7-9)8-13(16)14-12(15)5-6-17-14/h3-7,13,16H,8H2,1-2H3. The monoisotopic (exact) mass is 310 g/mol. The lowest BCUT2D eigenvalue weighted by atomic mass is 10.00. The number of aryl methyl sites for hydroxylation is 2. The molecule has 90 valence electrons. The third kappa shape index (κ3) is 2.97. The SMILES string of the molecule is Cc1ccc(C)c(CC(O)c2sccc2Br)c1. The van der Waals surface area contributed by atoms with Crippen LogP contribution in [0.1, 0.15) is 27.7 Å². The summed E-state index contributed by atoms with van der Waals surface area (Å²) in [5.41, 5.74) is 3.70. The maximum Gasteiger partial charge on any atom is 0.0933 e. The number of aliphatic hydroxyl groups excluding tert-OH is 1. The van der Waals surface area contributed by atoms with Crippen LogP contribution in [0.15, 0.2) is 34.1 Å². The molecule has 0 aliphatic heterocycles. The first-order valence-corrected chi connectivity index (χ1v) is 7.22. The molecule has 0 bridgehead atoms. The fourth-order valence-electron chi connectivity index (χ4n) is 1.86. The number of aliphatic hydroxyl groups is 1. The Labute approximate surface area is 114 Å². The molecule has 0 saturated heterocycles. The Morgan fingerprint density at radius 2 is 2.06 bits per heavy atom. The zero-order chi connectivity index (χ0) is 12.4. The smallest absolute Gasteiger partial charge is 0.0933 e. The average Bonchev–Trinajstić information content (AvgIpc) is 2.70. The van der Waals surface area contributed by atoms with Crippen molar-refractivity contribution in [3.8, 4) is 0 Å². The van der Waals surface area contributed by atoms with Crippen LogP contribution in [-0.2, 0) is 6.42 Å². The second-order valence-electron chi connectivity index (χ2n) is 4.28. The summed E-state index contributed by atoms with van der Waals surface area (Å²) in [6.07, 6.45) is 0.247. The Balaban J connectivity index is 2.21. The van der Waals surface area contributed by atoms with E-state index in [9.17, 15) is 5.11 Å². The van der Waals surface area contributed by atoms with Gasteiger partial charge in [0.05, 0.1) is 6.10 Å². The first-order chi connectivity index (χ1) is 8.08. The molecule has 0 aliphatic carbocycles.